The standard InChI is InChI=1S/C31H34N4O6/c1-35(2)15-8-16-40-27-17-23-24(18-26(27)38-3)32-20-33-31(23)34-29-22(12-14-28(36)37)11-13-25(30(29)39-4)41-19-21-9-6-5-7-10-21/h5-7,9-14,17-18,20H,8,15-16,19H2,1-4H3,(H,36,37)(H,32,33,34)/b14-12+. The Morgan fingerprint density at radius 3 is 2.49 bits per heavy atom. The van der Waals surface area contributed by atoms with Gasteiger partial charge < -0.3 is 34.3 Å². The van der Waals surface area contributed by atoms with Crippen molar-refractivity contribution in [2.75, 3.05) is 46.8 Å². The maximum atomic E-state index is 11.3. The smallest absolute Gasteiger partial charge is 0.328 e. The van der Waals surface area contributed by atoms with Crippen molar-refractivity contribution in [3.8, 4) is 23.0 Å². The maximum absolute atomic E-state index is 11.3. The van der Waals surface area contributed by atoms with E-state index < -0.39 is 5.97 Å². The van der Waals surface area contributed by atoms with Gasteiger partial charge in [-0.15, -0.1) is 0 Å². The van der Waals surface area contributed by atoms with Gasteiger partial charge in [0, 0.05) is 29.6 Å². The van der Waals surface area contributed by atoms with Gasteiger partial charge in [0.25, 0.3) is 0 Å². The summed E-state index contributed by atoms with van der Waals surface area (Å²) >= 11 is 0. The number of ether oxygens (including phenoxy) is 4. The molecule has 0 saturated carbocycles. The third kappa shape index (κ3) is 7.64. The van der Waals surface area contributed by atoms with Crippen LogP contribution in [-0.4, -0.2) is 67.4 Å². The van der Waals surface area contributed by atoms with Gasteiger partial charge in [0.05, 0.1) is 32.0 Å². The maximum Gasteiger partial charge on any atom is 0.328 e. The Bertz CT molecular complexity index is 1510. The summed E-state index contributed by atoms with van der Waals surface area (Å²) < 4.78 is 23.5. The van der Waals surface area contributed by atoms with Gasteiger partial charge in [-0.2, -0.15) is 0 Å². The molecule has 41 heavy (non-hydrogen) atoms. The van der Waals surface area contributed by atoms with Crippen molar-refractivity contribution in [2.24, 2.45) is 0 Å². The van der Waals surface area contributed by atoms with Crippen LogP contribution in [0.1, 0.15) is 17.5 Å². The fourth-order valence-electron chi connectivity index (χ4n) is 4.18. The molecule has 4 rings (SSSR count). The van der Waals surface area contributed by atoms with Gasteiger partial charge in [-0.1, -0.05) is 30.3 Å². The van der Waals surface area contributed by atoms with Gasteiger partial charge >= 0.3 is 5.97 Å². The van der Waals surface area contributed by atoms with Crippen LogP contribution >= 0.6 is 0 Å². The number of aromatic nitrogens is 2. The van der Waals surface area contributed by atoms with Gasteiger partial charge in [0.2, 0.25) is 0 Å². The minimum absolute atomic E-state index is 0.325. The molecule has 0 saturated heterocycles. The average Bonchev–Trinajstić information content (AvgIpc) is 2.97. The highest BCUT2D eigenvalue weighted by atomic mass is 16.5. The topological polar surface area (TPSA) is 115 Å². The first-order valence-corrected chi connectivity index (χ1v) is 13.1. The summed E-state index contributed by atoms with van der Waals surface area (Å²) in [6.07, 6.45) is 4.83. The zero-order valence-corrected chi connectivity index (χ0v) is 23.6. The van der Waals surface area contributed by atoms with Crippen molar-refractivity contribution in [1.29, 1.82) is 0 Å². The van der Waals surface area contributed by atoms with Crippen molar-refractivity contribution in [1.82, 2.24) is 14.9 Å². The Hall–Kier alpha value is -4.83. The number of nitrogens with one attached hydrogen (secondary N) is 1. The highest BCUT2D eigenvalue weighted by molar-refractivity contribution is 5.95. The highest BCUT2D eigenvalue weighted by Gasteiger charge is 2.18. The molecule has 1 heterocycles. The predicted molar refractivity (Wildman–Crippen MR) is 158 cm³/mol. The molecule has 2 N–H and O–H groups in total. The molecule has 1 aromatic heterocycles. The molecule has 0 unspecified atom stereocenters. The molecular weight excluding hydrogens is 524 g/mol. The molecule has 0 bridgehead atoms. The van der Waals surface area contributed by atoms with Gasteiger partial charge in [-0.3, -0.25) is 0 Å². The van der Waals surface area contributed by atoms with E-state index in [0.717, 1.165) is 24.6 Å². The van der Waals surface area contributed by atoms with Crippen molar-refractivity contribution >= 4 is 34.5 Å². The summed E-state index contributed by atoms with van der Waals surface area (Å²) in [6, 6.07) is 16.9. The number of methoxy groups -OCH3 is 2. The number of rotatable bonds is 14. The number of carboxylic acids is 1. The van der Waals surface area contributed by atoms with Gasteiger partial charge in [-0.25, -0.2) is 14.8 Å². The predicted octanol–water partition coefficient (Wildman–Crippen LogP) is 5.40. The molecule has 0 aliphatic heterocycles. The highest BCUT2D eigenvalue weighted by Crippen LogP contribution is 2.42. The fraction of sp³-hybridized carbons (Fsp3) is 0.258. The monoisotopic (exact) mass is 558 g/mol. The lowest BCUT2D eigenvalue weighted by molar-refractivity contribution is -0.131. The molecular formula is C31H34N4O6. The Balaban J connectivity index is 1.74. The second-order valence-electron chi connectivity index (χ2n) is 9.38. The molecule has 0 amide bonds. The van der Waals surface area contributed by atoms with Crippen molar-refractivity contribution < 1.29 is 28.8 Å². The minimum atomic E-state index is -1.07. The first-order chi connectivity index (χ1) is 19.9. The zero-order chi connectivity index (χ0) is 29.2. The first-order valence-electron chi connectivity index (χ1n) is 13.1. The Kier molecular flexibility index (Phi) is 9.95. The molecule has 0 aliphatic rings. The van der Waals surface area contributed by atoms with Crippen LogP contribution in [0.5, 0.6) is 23.0 Å². The number of carbonyl (C=O) groups is 1. The van der Waals surface area contributed by atoms with Gasteiger partial charge in [0.15, 0.2) is 23.0 Å². The second kappa shape index (κ2) is 14.0. The molecule has 0 radical (unpaired) electrons. The van der Waals surface area contributed by atoms with E-state index in [1.807, 2.05) is 50.5 Å². The Morgan fingerprint density at radius 1 is 0.976 bits per heavy atom. The summed E-state index contributed by atoms with van der Waals surface area (Å²) in [6.45, 7) is 1.72. The van der Waals surface area contributed by atoms with E-state index in [9.17, 15) is 9.90 Å². The largest absolute Gasteiger partial charge is 0.493 e. The quantitative estimate of drug-likeness (QED) is 0.154. The normalized spacial score (nSPS) is 11.1. The molecule has 10 heteroatoms. The van der Waals surface area contributed by atoms with E-state index in [1.54, 1.807) is 25.3 Å². The van der Waals surface area contributed by atoms with Crippen LogP contribution in [0, 0.1) is 0 Å². The number of hydrogen-bond donors (Lipinski definition) is 2. The number of fused-ring (bicyclic) bond motifs is 1. The lowest BCUT2D eigenvalue weighted by Gasteiger charge is -2.19. The third-order valence-corrected chi connectivity index (χ3v) is 6.17. The van der Waals surface area contributed by atoms with E-state index >= 15 is 0 Å². The molecule has 4 aromatic rings. The Morgan fingerprint density at radius 2 is 1.78 bits per heavy atom. The molecule has 10 nitrogen and oxygen atoms in total. The number of nitrogens with zero attached hydrogens (tertiary/aromatic N) is 3. The molecule has 0 fully saturated rings. The zero-order valence-electron chi connectivity index (χ0n) is 23.6. The number of aliphatic carboxylic acids is 1. The fourth-order valence-corrected chi connectivity index (χ4v) is 4.18. The van der Waals surface area contributed by atoms with Crippen molar-refractivity contribution in [2.45, 2.75) is 13.0 Å². The van der Waals surface area contributed by atoms with Gasteiger partial charge in [-0.05, 0) is 50.4 Å². The van der Waals surface area contributed by atoms with Crippen LogP contribution in [0.4, 0.5) is 11.5 Å². The SMILES string of the molecule is COc1cc2ncnc(Nc3c(/C=C/C(=O)O)ccc(OCc4ccccc4)c3OC)c2cc1OCCCN(C)C. The summed E-state index contributed by atoms with van der Waals surface area (Å²) in [5.41, 5.74) is 2.68. The van der Waals surface area contributed by atoms with Crippen LogP contribution < -0.4 is 24.3 Å². The van der Waals surface area contributed by atoms with Crippen molar-refractivity contribution in [3.05, 3.63) is 78.1 Å². The minimum Gasteiger partial charge on any atom is -0.493 e. The Labute approximate surface area is 239 Å². The molecule has 3 aromatic carbocycles. The van der Waals surface area contributed by atoms with E-state index in [2.05, 4.69) is 20.2 Å². The van der Waals surface area contributed by atoms with Crippen LogP contribution in [0.3, 0.4) is 0 Å². The summed E-state index contributed by atoms with van der Waals surface area (Å²) in [7, 11) is 7.15. The summed E-state index contributed by atoms with van der Waals surface area (Å²) in [5.74, 6) is 1.40. The van der Waals surface area contributed by atoms with E-state index in [-0.39, 0.29) is 0 Å². The first kappa shape index (κ1) is 29.2. The molecule has 0 aliphatic carbocycles. The average molecular weight is 559 g/mol. The number of carboxylic acid groups (broad SMARTS) is 1. The van der Waals surface area contributed by atoms with Crippen LogP contribution in [-0.2, 0) is 11.4 Å². The molecule has 0 atom stereocenters. The van der Waals surface area contributed by atoms with Crippen LogP contribution in [0.2, 0.25) is 0 Å². The van der Waals surface area contributed by atoms with Crippen LogP contribution in [0.25, 0.3) is 17.0 Å². The third-order valence-electron chi connectivity index (χ3n) is 6.17. The summed E-state index contributed by atoms with van der Waals surface area (Å²) in [5, 5.41) is 13.3. The summed E-state index contributed by atoms with van der Waals surface area (Å²) in [4.78, 5) is 22.3. The van der Waals surface area contributed by atoms with E-state index in [0.29, 0.717) is 64.2 Å². The lowest BCUT2D eigenvalue weighted by Crippen LogP contribution is -2.15. The number of anilines is 2. The molecule has 0 spiro atoms. The lowest BCUT2D eigenvalue weighted by atomic mass is 10.1. The van der Waals surface area contributed by atoms with E-state index in [4.69, 9.17) is 18.9 Å². The van der Waals surface area contributed by atoms with Crippen LogP contribution in [0.15, 0.2) is 67.0 Å². The second-order valence-corrected chi connectivity index (χ2v) is 9.38. The molecule has 214 valence electrons. The van der Waals surface area contributed by atoms with Crippen molar-refractivity contribution in [3.63, 3.8) is 0 Å². The van der Waals surface area contributed by atoms with Gasteiger partial charge in [0.1, 0.15) is 18.8 Å². The number of benzene rings is 3. The number of hydrogen-bond acceptors (Lipinski definition) is 9. The van der Waals surface area contributed by atoms with E-state index in [1.165, 1.54) is 19.5 Å².